The molecule has 0 aliphatic carbocycles. The Morgan fingerprint density at radius 1 is 1.00 bits per heavy atom. The van der Waals surface area contributed by atoms with Crippen molar-refractivity contribution in [2.45, 2.75) is 59.5 Å². The molecule has 6 nitrogen and oxygen atoms in total. The van der Waals surface area contributed by atoms with Crippen LogP contribution < -0.4 is 14.8 Å². The number of hydrogen-bond donors (Lipinski definition) is 1. The molecule has 0 bridgehead atoms. The highest BCUT2D eigenvalue weighted by Crippen LogP contribution is 2.31. The van der Waals surface area contributed by atoms with Gasteiger partial charge in [-0.1, -0.05) is 65.0 Å². The third kappa shape index (κ3) is 7.81. The van der Waals surface area contributed by atoms with Gasteiger partial charge in [-0.25, -0.2) is 0 Å². The van der Waals surface area contributed by atoms with Crippen molar-refractivity contribution < 1.29 is 19.1 Å². The Bertz CT molecular complexity index is 916. The molecule has 0 unspecified atom stereocenters. The second-order valence-corrected chi connectivity index (χ2v) is 9.72. The fourth-order valence-corrected chi connectivity index (χ4v) is 3.40. The van der Waals surface area contributed by atoms with E-state index in [1.54, 1.807) is 18.9 Å². The minimum absolute atomic E-state index is 0.119. The van der Waals surface area contributed by atoms with E-state index in [2.05, 4.69) is 26.1 Å². The number of nitrogens with zero attached hydrogens (tertiary/aromatic N) is 1. The number of carbonyl (C=O) groups excluding carboxylic acids is 2. The lowest BCUT2D eigenvalue weighted by Gasteiger charge is -2.29. The van der Waals surface area contributed by atoms with Gasteiger partial charge in [0, 0.05) is 13.1 Å². The van der Waals surface area contributed by atoms with Crippen LogP contribution in [-0.2, 0) is 21.5 Å². The van der Waals surface area contributed by atoms with Crippen molar-refractivity contribution in [2.75, 3.05) is 20.3 Å². The van der Waals surface area contributed by atoms with E-state index in [1.807, 2.05) is 62.4 Å². The molecule has 2 aromatic rings. The van der Waals surface area contributed by atoms with Gasteiger partial charge >= 0.3 is 0 Å². The van der Waals surface area contributed by atoms with E-state index < -0.39 is 6.04 Å². The van der Waals surface area contributed by atoms with E-state index in [1.165, 1.54) is 0 Å². The Balaban J connectivity index is 2.20. The first-order valence-electron chi connectivity index (χ1n) is 11.4. The molecule has 0 saturated carbocycles. The summed E-state index contributed by atoms with van der Waals surface area (Å²) in [4.78, 5) is 27.6. The molecule has 0 saturated heterocycles. The summed E-state index contributed by atoms with van der Waals surface area (Å²) in [7, 11) is 1.61. The molecule has 33 heavy (non-hydrogen) atoms. The Hall–Kier alpha value is -3.02. The van der Waals surface area contributed by atoms with Gasteiger partial charge in [-0.15, -0.1) is 0 Å². The summed E-state index contributed by atoms with van der Waals surface area (Å²) in [6, 6.07) is 14.6. The molecule has 0 fully saturated rings. The maximum Gasteiger partial charge on any atom is 0.261 e. The van der Waals surface area contributed by atoms with Crippen LogP contribution in [0.25, 0.3) is 0 Å². The first-order chi connectivity index (χ1) is 15.5. The minimum atomic E-state index is -0.639. The van der Waals surface area contributed by atoms with Crippen LogP contribution in [0.4, 0.5) is 0 Å². The van der Waals surface area contributed by atoms with Gasteiger partial charge in [-0.05, 0) is 47.6 Å². The summed E-state index contributed by atoms with van der Waals surface area (Å²) < 4.78 is 11.2. The molecule has 2 amide bonds. The van der Waals surface area contributed by atoms with E-state index in [0.717, 1.165) is 16.9 Å². The maximum absolute atomic E-state index is 13.3. The second-order valence-electron chi connectivity index (χ2n) is 9.72. The van der Waals surface area contributed by atoms with Crippen molar-refractivity contribution in [3.8, 4) is 11.5 Å². The number of nitrogens with one attached hydrogen (secondary N) is 1. The van der Waals surface area contributed by atoms with Gasteiger partial charge in [-0.2, -0.15) is 0 Å². The Labute approximate surface area is 198 Å². The molecule has 1 atom stereocenters. The van der Waals surface area contributed by atoms with Crippen LogP contribution in [0.15, 0.2) is 48.5 Å². The highest BCUT2D eigenvalue weighted by Gasteiger charge is 2.27. The summed E-state index contributed by atoms with van der Waals surface area (Å²) in [6.07, 6.45) is 0. The Kier molecular flexibility index (Phi) is 9.32. The van der Waals surface area contributed by atoms with Crippen LogP contribution in [0, 0.1) is 5.92 Å². The average Bonchev–Trinajstić information content (AvgIpc) is 2.78. The van der Waals surface area contributed by atoms with E-state index >= 15 is 0 Å². The molecule has 180 valence electrons. The normalized spacial score (nSPS) is 12.2. The number of rotatable bonds is 10. The van der Waals surface area contributed by atoms with Crippen LogP contribution in [0.2, 0.25) is 0 Å². The van der Waals surface area contributed by atoms with Gasteiger partial charge in [0.1, 0.15) is 17.5 Å². The fourth-order valence-electron chi connectivity index (χ4n) is 3.40. The van der Waals surface area contributed by atoms with Gasteiger partial charge in [-0.3, -0.25) is 9.59 Å². The van der Waals surface area contributed by atoms with Gasteiger partial charge in [0.2, 0.25) is 5.91 Å². The number of benzene rings is 2. The first kappa shape index (κ1) is 26.2. The molecule has 0 spiro atoms. The summed E-state index contributed by atoms with van der Waals surface area (Å²) in [5.74, 6) is 1.31. The quantitative estimate of drug-likeness (QED) is 0.571. The number of ether oxygens (including phenoxy) is 2. The molecule has 1 N–H and O–H groups in total. The Morgan fingerprint density at radius 2 is 1.64 bits per heavy atom. The van der Waals surface area contributed by atoms with Crippen LogP contribution >= 0.6 is 0 Å². The summed E-state index contributed by atoms with van der Waals surface area (Å²) in [6.45, 7) is 12.8. The van der Waals surface area contributed by atoms with Gasteiger partial charge < -0.3 is 19.7 Å². The SMILES string of the molecule is COc1ccc(CN(C(=O)COc2ccccc2C(C)(C)C)[C@H](C)C(=O)NCC(C)C)cc1. The lowest BCUT2D eigenvalue weighted by molar-refractivity contribution is -0.142. The van der Waals surface area contributed by atoms with Crippen LogP contribution in [0.1, 0.15) is 52.7 Å². The topological polar surface area (TPSA) is 67.9 Å². The molecule has 6 heteroatoms. The molecule has 0 aromatic heterocycles. The van der Waals surface area contributed by atoms with E-state index in [0.29, 0.717) is 24.8 Å². The van der Waals surface area contributed by atoms with Gasteiger partial charge in [0.25, 0.3) is 5.91 Å². The number of hydrogen-bond acceptors (Lipinski definition) is 4. The number of para-hydroxylation sites is 1. The largest absolute Gasteiger partial charge is 0.497 e. The first-order valence-corrected chi connectivity index (χ1v) is 11.4. The molecular weight excluding hydrogens is 416 g/mol. The van der Waals surface area contributed by atoms with Crippen molar-refractivity contribution in [1.82, 2.24) is 10.2 Å². The monoisotopic (exact) mass is 454 g/mol. The number of methoxy groups -OCH3 is 1. The van der Waals surface area contributed by atoms with Crippen LogP contribution in [-0.4, -0.2) is 43.0 Å². The zero-order chi connectivity index (χ0) is 24.6. The highest BCUT2D eigenvalue weighted by atomic mass is 16.5. The third-order valence-electron chi connectivity index (χ3n) is 5.41. The van der Waals surface area contributed by atoms with Crippen molar-refractivity contribution in [1.29, 1.82) is 0 Å². The van der Waals surface area contributed by atoms with Crippen molar-refractivity contribution in [3.63, 3.8) is 0 Å². The number of carbonyl (C=O) groups is 2. The van der Waals surface area contributed by atoms with E-state index in [4.69, 9.17) is 9.47 Å². The van der Waals surface area contributed by atoms with E-state index in [-0.39, 0.29) is 23.8 Å². The standard InChI is InChI=1S/C27H38N2O4/c1-19(2)16-28-26(31)20(3)29(17-21-12-14-22(32-7)15-13-21)25(30)18-33-24-11-9-8-10-23(24)27(4,5)6/h8-15,19-20H,16-18H2,1-7H3,(H,28,31)/t20-/m1/s1. The zero-order valence-corrected chi connectivity index (χ0v) is 21.0. The second kappa shape index (κ2) is 11.7. The number of amides is 2. The molecule has 0 aliphatic heterocycles. The molecule has 0 radical (unpaired) electrons. The minimum Gasteiger partial charge on any atom is -0.497 e. The molecule has 2 aromatic carbocycles. The predicted octanol–water partition coefficient (Wildman–Crippen LogP) is 4.56. The maximum atomic E-state index is 13.3. The molecular formula is C27H38N2O4. The summed E-state index contributed by atoms with van der Waals surface area (Å²) >= 11 is 0. The van der Waals surface area contributed by atoms with Gasteiger partial charge in [0.05, 0.1) is 7.11 Å². The smallest absolute Gasteiger partial charge is 0.261 e. The Morgan fingerprint density at radius 3 is 2.21 bits per heavy atom. The summed E-state index contributed by atoms with van der Waals surface area (Å²) in [5.41, 5.74) is 1.82. The van der Waals surface area contributed by atoms with Crippen molar-refractivity contribution >= 4 is 11.8 Å². The van der Waals surface area contributed by atoms with Crippen LogP contribution in [0.3, 0.4) is 0 Å². The fraction of sp³-hybridized carbons (Fsp3) is 0.481. The molecule has 2 rings (SSSR count). The van der Waals surface area contributed by atoms with Crippen molar-refractivity contribution in [2.24, 2.45) is 5.92 Å². The highest BCUT2D eigenvalue weighted by molar-refractivity contribution is 5.88. The molecule has 0 heterocycles. The average molecular weight is 455 g/mol. The predicted molar refractivity (Wildman–Crippen MR) is 131 cm³/mol. The zero-order valence-electron chi connectivity index (χ0n) is 21.0. The third-order valence-corrected chi connectivity index (χ3v) is 5.41. The van der Waals surface area contributed by atoms with E-state index in [9.17, 15) is 9.59 Å². The molecule has 0 aliphatic rings. The van der Waals surface area contributed by atoms with Crippen molar-refractivity contribution in [3.05, 3.63) is 59.7 Å². The van der Waals surface area contributed by atoms with Crippen LogP contribution in [0.5, 0.6) is 11.5 Å². The summed E-state index contributed by atoms with van der Waals surface area (Å²) in [5, 5.41) is 2.93. The van der Waals surface area contributed by atoms with Gasteiger partial charge in [0.15, 0.2) is 6.61 Å². The lowest BCUT2D eigenvalue weighted by Crippen LogP contribution is -2.49. The lowest BCUT2D eigenvalue weighted by atomic mass is 9.86.